The van der Waals surface area contributed by atoms with Crippen molar-refractivity contribution in [2.75, 3.05) is 13.2 Å². The molecule has 28 heavy (non-hydrogen) atoms. The van der Waals surface area contributed by atoms with Crippen LogP contribution in [0.4, 0.5) is 0 Å². The molecule has 2 heterocycles. The number of fused-ring (bicyclic) bond motifs is 1. The molecule has 1 aliphatic rings. The molecule has 1 saturated heterocycles. The van der Waals surface area contributed by atoms with E-state index < -0.39 is 0 Å². The lowest BCUT2D eigenvalue weighted by molar-refractivity contribution is 0.0637. The zero-order valence-corrected chi connectivity index (χ0v) is 16.5. The highest BCUT2D eigenvalue weighted by atomic mass is 16.5. The minimum atomic E-state index is 0.109. The van der Waals surface area contributed by atoms with Gasteiger partial charge in [-0.05, 0) is 69.5 Å². The van der Waals surface area contributed by atoms with E-state index in [9.17, 15) is 4.79 Å². The summed E-state index contributed by atoms with van der Waals surface area (Å²) in [6.07, 6.45) is 3.34. The summed E-state index contributed by atoms with van der Waals surface area (Å²) in [6, 6.07) is 18.0. The number of carbonyl (C=O) groups is 1. The lowest BCUT2D eigenvalue weighted by atomic mass is 9.99. The number of carbonyl (C=O) groups excluding carboxylic acids is 1. The Morgan fingerprint density at radius 3 is 2.68 bits per heavy atom. The standard InChI is InChI=1S/C24H26N2O2/c1-3-28-19-13-11-18(12-14-19)23-16-21(20-9-4-5-10-22(20)25-23)24(27)26-15-7-6-8-17(26)2/h4-5,9-14,16-17H,3,6-8,15H2,1-2H3/t17-/m1/s1. The molecule has 0 bridgehead atoms. The summed E-state index contributed by atoms with van der Waals surface area (Å²) < 4.78 is 5.54. The molecular weight excluding hydrogens is 348 g/mol. The predicted molar refractivity (Wildman–Crippen MR) is 113 cm³/mol. The number of para-hydroxylation sites is 1. The molecule has 4 heteroatoms. The first-order valence-electron chi connectivity index (χ1n) is 10.1. The van der Waals surface area contributed by atoms with Gasteiger partial charge < -0.3 is 9.64 Å². The highest BCUT2D eigenvalue weighted by molar-refractivity contribution is 6.07. The van der Waals surface area contributed by atoms with Crippen LogP contribution in [0.25, 0.3) is 22.2 Å². The molecule has 1 atom stereocenters. The van der Waals surface area contributed by atoms with Gasteiger partial charge in [0, 0.05) is 23.5 Å². The zero-order chi connectivity index (χ0) is 19.5. The molecule has 4 nitrogen and oxygen atoms in total. The van der Waals surface area contributed by atoms with Gasteiger partial charge in [-0.25, -0.2) is 4.98 Å². The molecule has 0 spiro atoms. The quantitative estimate of drug-likeness (QED) is 0.621. The molecule has 4 rings (SSSR count). The number of rotatable bonds is 4. The molecule has 1 fully saturated rings. The van der Waals surface area contributed by atoms with Gasteiger partial charge >= 0.3 is 0 Å². The molecule has 1 aromatic heterocycles. The van der Waals surface area contributed by atoms with Crippen LogP contribution in [0.2, 0.25) is 0 Å². The number of amides is 1. The van der Waals surface area contributed by atoms with Gasteiger partial charge in [0.2, 0.25) is 0 Å². The number of ether oxygens (including phenoxy) is 1. The Morgan fingerprint density at radius 2 is 1.93 bits per heavy atom. The number of hydrogen-bond donors (Lipinski definition) is 0. The monoisotopic (exact) mass is 374 g/mol. The third-order valence-electron chi connectivity index (χ3n) is 5.47. The minimum absolute atomic E-state index is 0.109. The summed E-state index contributed by atoms with van der Waals surface area (Å²) in [6.45, 7) is 5.58. The Kier molecular flexibility index (Phi) is 5.29. The van der Waals surface area contributed by atoms with Gasteiger partial charge in [0.05, 0.1) is 23.4 Å². The van der Waals surface area contributed by atoms with Crippen LogP contribution in [0.15, 0.2) is 54.6 Å². The van der Waals surface area contributed by atoms with E-state index in [-0.39, 0.29) is 11.9 Å². The van der Waals surface area contributed by atoms with Crippen LogP contribution in [0, 0.1) is 0 Å². The second-order valence-electron chi connectivity index (χ2n) is 7.37. The van der Waals surface area contributed by atoms with Crippen LogP contribution in [-0.4, -0.2) is 35.0 Å². The molecule has 0 radical (unpaired) electrons. The summed E-state index contributed by atoms with van der Waals surface area (Å²) in [4.78, 5) is 20.3. The Labute approximate surface area is 166 Å². The molecule has 0 aliphatic carbocycles. The first-order chi connectivity index (χ1) is 13.7. The van der Waals surface area contributed by atoms with Crippen molar-refractivity contribution in [1.82, 2.24) is 9.88 Å². The first kappa shape index (κ1) is 18.5. The van der Waals surface area contributed by atoms with Crippen molar-refractivity contribution in [3.63, 3.8) is 0 Å². The predicted octanol–water partition coefficient (Wildman–Crippen LogP) is 5.32. The average molecular weight is 374 g/mol. The van der Waals surface area contributed by atoms with E-state index in [1.165, 1.54) is 6.42 Å². The van der Waals surface area contributed by atoms with Crippen molar-refractivity contribution in [2.45, 2.75) is 39.2 Å². The van der Waals surface area contributed by atoms with Crippen LogP contribution in [0.5, 0.6) is 5.75 Å². The molecule has 0 N–H and O–H groups in total. The summed E-state index contributed by atoms with van der Waals surface area (Å²) in [5.41, 5.74) is 3.38. The number of nitrogens with zero attached hydrogens (tertiary/aromatic N) is 2. The van der Waals surface area contributed by atoms with Crippen molar-refractivity contribution in [2.24, 2.45) is 0 Å². The number of pyridine rings is 1. The largest absolute Gasteiger partial charge is 0.494 e. The number of aromatic nitrogens is 1. The second-order valence-corrected chi connectivity index (χ2v) is 7.37. The van der Waals surface area contributed by atoms with E-state index in [1.807, 2.05) is 66.4 Å². The second kappa shape index (κ2) is 8.01. The van der Waals surface area contributed by atoms with E-state index in [2.05, 4.69) is 6.92 Å². The Bertz CT molecular complexity index is 982. The third kappa shape index (κ3) is 3.59. The zero-order valence-electron chi connectivity index (χ0n) is 16.5. The van der Waals surface area contributed by atoms with Crippen molar-refractivity contribution >= 4 is 16.8 Å². The van der Waals surface area contributed by atoms with Gasteiger partial charge in [-0.1, -0.05) is 18.2 Å². The molecule has 0 unspecified atom stereocenters. The lowest BCUT2D eigenvalue weighted by Crippen LogP contribution is -2.42. The maximum Gasteiger partial charge on any atom is 0.254 e. The van der Waals surface area contributed by atoms with Crippen LogP contribution in [0.1, 0.15) is 43.5 Å². The Hall–Kier alpha value is -2.88. The molecule has 0 saturated carbocycles. The highest BCUT2D eigenvalue weighted by Crippen LogP contribution is 2.28. The number of hydrogen-bond acceptors (Lipinski definition) is 3. The molecule has 2 aromatic carbocycles. The van der Waals surface area contributed by atoms with Crippen molar-refractivity contribution < 1.29 is 9.53 Å². The molecule has 1 amide bonds. The van der Waals surface area contributed by atoms with E-state index in [0.29, 0.717) is 6.61 Å². The maximum atomic E-state index is 13.4. The fourth-order valence-corrected chi connectivity index (χ4v) is 3.94. The van der Waals surface area contributed by atoms with E-state index in [4.69, 9.17) is 9.72 Å². The van der Waals surface area contributed by atoms with Gasteiger partial charge in [-0.2, -0.15) is 0 Å². The number of likely N-dealkylation sites (tertiary alicyclic amines) is 1. The van der Waals surface area contributed by atoms with Crippen molar-refractivity contribution in [3.05, 3.63) is 60.2 Å². The summed E-state index contributed by atoms with van der Waals surface area (Å²) >= 11 is 0. The number of benzene rings is 2. The van der Waals surface area contributed by atoms with Crippen molar-refractivity contribution in [3.8, 4) is 17.0 Å². The molecule has 1 aliphatic heterocycles. The normalized spacial score (nSPS) is 16.9. The SMILES string of the molecule is CCOc1ccc(-c2cc(C(=O)N3CCCC[C@H]3C)c3ccccc3n2)cc1. The minimum Gasteiger partial charge on any atom is -0.494 e. The third-order valence-corrected chi connectivity index (χ3v) is 5.47. The highest BCUT2D eigenvalue weighted by Gasteiger charge is 2.26. The van der Waals surface area contributed by atoms with Gasteiger partial charge in [0.25, 0.3) is 5.91 Å². The van der Waals surface area contributed by atoms with Crippen LogP contribution in [0.3, 0.4) is 0 Å². The average Bonchev–Trinajstić information content (AvgIpc) is 2.73. The van der Waals surface area contributed by atoms with Crippen LogP contribution < -0.4 is 4.74 Å². The van der Waals surface area contributed by atoms with Gasteiger partial charge in [0.1, 0.15) is 5.75 Å². The van der Waals surface area contributed by atoms with E-state index in [0.717, 1.165) is 52.9 Å². The van der Waals surface area contributed by atoms with E-state index >= 15 is 0 Å². The molecule has 144 valence electrons. The van der Waals surface area contributed by atoms with Gasteiger partial charge in [-0.15, -0.1) is 0 Å². The smallest absolute Gasteiger partial charge is 0.254 e. The van der Waals surface area contributed by atoms with Gasteiger partial charge in [-0.3, -0.25) is 4.79 Å². The Balaban J connectivity index is 1.78. The fourth-order valence-electron chi connectivity index (χ4n) is 3.94. The Morgan fingerprint density at radius 1 is 1.14 bits per heavy atom. The van der Waals surface area contributed by atoms with Crippen LogP contribution >= 0.6 is 0 Å². The van der Waals surface area contributed by atoms with Crippen molar-refractivity contribution in [1.29, 1.82) is 0 Å². The van der Waals surface area contributed by atoms with E-state index in [1.54, 1.807) is 0 Å². The van der Waals surface area contributed by atoms with Gasteiger partial charge in [0.15, 0.2) is 0 Å². The molecular formula is C24H26N2O2. The fraction of sp³-hybridized carbons (Fsp3) is 0.333. The summed E-state index contributed by atoms with van der Waals surface area (Å²) in [7, 11) is 0. The molecule has 3 aromatic rings. The first-order valence-corrected chi connectivity index (χ1v) is 10.1. The summed E-state index contributed by atoms with van der Waals surface area (Å²) in [5.74, 6) is 0.948. The van der Waals surface area contributed by atoms with Crippen LogP contribution in [-0.2, 0) is 0 Å². The lowest BCUT2D eigenvalue weighted by Gasteiger charge is -2.33. The maximum absolute atomic E-state index is 13.4. The summed E-state index contributed by atoms with van der Waals surface area (Å²) in [5, 5.41) is 0.917. The topological polar surface area (TPSA) is 42.4 Å². The number of piperidine rings is 1.